The molecule has 2 aliphatic rings. The maximum Gasteiger partial charge on any atom is 0.316 e. The van der Waals surface area contributed by atoms with Crippen molar-refractivity contribution in [3.05, 3.63) is 59.7 Å². The van der Waals surface area contributed by atoms with Crippen LogP contribution in [-0.4, -0.2) is 153 Å². The van der Waals surface area contributed by atoms with E-state index in [0.717, 1.165) is 35.1 Å². The number of benzene rings is 2. The molecule has 4 rings (SSSR count). The number of Topliss-reactive ketones (excluding diaryl/α,β-unsaturated/α-hetero) is 1. The van der Waals surface area contributed by atoms with E-state index in [1.54, 1.807) is 43.1 Å². The molecule has 0 bridgehead atoms. The van der Waals surface area contributed by atoms with Gasteiger partial charge in [0.25, 0.3) is 0 Å². The van der Waals surface area contributed by atoms with E-state index in [4.69, 9.17) is 23.7 Å². The maximum absolute atomic E-state index is 14.2. The number of cyclic esters (lactones) is 1. The van der Waals surface area contributed by atoms with E-state index in [2.05, 4.69) is 13.8 Å². The average Bonchev–Trinajstić information content (AvgIpc) is 3.27. The second-order valence-electron chi connectivity index (χ2n) is 19.3. The first-order valence-corrected chi connectivity index (χ1v) is 23.5. The average molecular weight is 941 g/mol. The molecule has 16 nitrogen and oxygen atoms in total. The summed E-state index contributed by atoms with van der Waals surface area (Å²) in [5.41, 5.74) is 0.377. The SMILES string of the molecule is CC/C(=C(/CC)c1ccc(OC(=O)CCC(=O)O[C@H]2[C@H](O[C@@H]3[C@@H](C)C(=O)[C@@H](C)C(=O)O[C@H](CO)[C@@](C)(O)[C@H](O)[C@@H](C)N(C)C[C@H](C)C[C@@]3(C)O)O[C@H](C)C[C@@H]2N(C)C)cc1)c1ccc(O)cc1. The highest BCUT2D eigenvalue weighted by Gasteiger charge is 2.51. The van der Waals surface area contributed by atoms with E-state index >= 15 is 0 Å². The van der Waals surface area contributed by atoms with Crippen molar-refractivity contribution in [1.82, 2.24) is 9.80 Å². The molecule has 2 fully saturated rings. The number of carbonyl (C=O) groups excluding carboxylic acids is 4. The van der Waals surface area contributed by atoms with Gasteiger partial charge in [-0.1, -0.05) is 52.0 Å². The summed E-state index contributed by atoms with van der Waals surface area (Å²) in [5.74, 6) is -5.53. The number of ketones is 1. The number of esters is 3. The molecule has 67 heavy (non-hydrogen) atoms. The lowest BCUT2D eigenvalue weighted by Crippen LogP contribution is -2.60. The molecule has 2 aliphatic heterocycles. The Balaban J connectivity index is 1.55. The van der Waals surface area contributed by atoms with Crippen LogP contribution in [-0.2, 0) is 38.1 Å². The lowest BCUT2D eigenvalue weighted by atomic mass is 9.78. The molecular formula is C51H76N2O14. The number of likely N-dealkylation sites (N-methyl/N-ethyl adjacent to an activating group) is 2. The van der Waals surface area contributed by atoms with Gasteiger partial charge < -0.3 is 59.0 Å². The maximum atomic E-state index is 14.2. The third-order valence-electron chi connectivity index (χ3n) is 13.5. The molecule has 5 N–H and O–H groups in total. The molecule has 2 aromatic carbocycles. The molecule has 374 valence electrons. The highest BCUT2D eigenvalue weighted by Crippen LogP contribution is 2.37. The molecule has 2 saturated heterocycles. The monoisotopic (exact) mass is 941 g/mol. The van der Waals surface area contributed by atoms with Gasteiger partial charge in [0, 0.05) is 18.5 Å². The Morgan fingerprint density at radius 2 is 1.43 bits per heavy atom. The van der Waals surface area contributed by atoms with Gasteiger partial charge in [0.1, 0.15) is 29.1 Å². The van der Waals surface area contributed by atoms with Crippen molar-refractivity contribution in [2.75, 3.05) is 34.3 Å². The predicted octanol–water partition coefficient (Wildman–Crippen LogP) is 5.14. The molecule has 0 unspecified atom stereocenters. The van der Waals surface area contributed by atoms with Gasteiger partial charge in [0.05, 0.1) is 43.3 Å². The van der Waals surface area contributed by atoms with Crippen LogP contribution >= 0.6 is 0 Å². The lowest BCUT2D eigenvalue weighted by Gasteiger charge is -2.46. The molecular weight excluding hydrogens is 865 g/mol. The molecule has 2 heterocycles. The number of hydrogen-bond acceptors (Lipinski definition) is 16. The number of ether oxygens (including phenoxy) is 5. The highest BCUT2D eigenvalue weighted by molar-refractivity contribution is 6.00. The Morgan fingerprint density at radius 1 is 0.881 bits per heavy atom. The third kappa shape index (κ3) is 13.9. The molecule has 13 atom stereocenters. The fourth-order valence-corrected chi connectivity index (χ4v) is 9.59. The third-order valence-corrected chi connectivity index (χ3v) is 13.5. The first kappa shape index (κ1) is 55.3. The smallest absolute Gasteiger partial charge is 0.316 e. The number of hydrogen-bond donors (Lipinski definition) is 5. The Labute approximate surface area is 396 Å². The number of phenolic OH excluding ortho intramolecular Hbond substituents is 1. The van der Waals surface area contributed by atoms with Crippen molar-refractivity contribution in [2.45, 2.75) is 161 Å². The molecule has 0 amide bonds. The number of aliphatic hydroxyl groups is 4. The van der Waals surface area contributed by atoms with E-state index in [-0.39, 0.29) is 30.9 Å². The number of aromatic hydroxyl groups is 1. The van der Waals surface area contributed by atoms with E-state index in [1.807, 2.05) is 57.1 Å². The number of aliphatic hydroxyl groups excluding tert-OH is 2. The van der Waals surface area contributed by atoms with Crippen LogP contribution in [0.25, 0.3) is 11.1 Å². The van der Waals surface area contributed by atoms with E-state index < -0.39 is 102 Å². The second kappa shape index (κ2) is 23.8. The van der Waals surface area contributed by atoms with Crippen LogP contribution in [0.3, 0.4) is 0 Å². The minimum Gasteiger partial charge on any atom is -0.508 e. The van der Waals surface area contributed by atoms with Gasteiger partial charge in [-0.3, -0.25) is 19.2 Å². The molecule has 0 spiro atoms. The zero-order chi connectivity index (χ0) is 50.1. The first-order chi connectivity index (χ1) is 31.4. The molecule has 2 aromatic rings. The largest absolute Gasteiger partial charge is 0.508 e. The molecule has 0 aromatic heterocycles. The van der Waals surface area contributed by atoms with Gasteiger partial charge in [0.15, 0.2) is 24.3 Å². The summed E-state index contributed by atoms with van der Waals surface area (Å²) in [6.45, 7) is 14.6. The van der Waals surface area contributed by atoms with E-state index in [1.165, 1.54) is 27.7 Å². The Kier molecular flexibility index (Phi) is 19.7. The van der Waals surface area contributed by atoms with Crippen molar-refractivity contribution < 1.29 is 68.4 Å². The van der Waals surface area contributed by atoms with Crippen LogP contribution in [0.4, 0.5) is 0 Å². The highest BCUT2D eigenvalue weighted by atomic mass is 16.7. The zero-order valence-corrected chi connectivity index (χ0v) is 41.4. The fourth-order valence-electron chi connectivity index (χ4n) is 9.59. The molecule has 16 heteroatoms. The normalized spacial score (nSPS) is 33.2. The van der Waals surface area contributed by atoms with E-state index in [9.17, 15) is 44.7 Å². The standard InChI is InChI=1S/C51H76N2O14/c1-13-38(34-15-19-36(55)20-16-34)39(14-2)35-17-21-37(22-18-35)64-42(56)23-24-43(57)66-45-40(52(10)11)25-30(4)63-49(45)67-47-31(5)44(58)32(6)48(60)65-41(28-54)51(9,62)46(59)33(7)53(12)27-29(3)26-50(47,8)61/h15-22,29-33,40-41,45-47,49,54-55,59,61-62H,13-14,23-28H2,1-12H3/b39-38+/t29-,30-,31+,32-,33-,40+,41-,45-,46-,47-,49+,50-,51-/m1/s1. The van der Waals surface area contributed by atoms with Crippen molar-refractivity contribution in [3.63, 3.8) is 0 Å². The number of carbonyl (C=O) groups is 4. The van der Waals surface area contributed by atoms with Crippen LogP contribution < -0.4 is 4.74 Å². The predicted molar refractivity (Wildman–Crippen MR) is 251 cm³/mol. The quantitative estimate of drug-likeness (QED) is 0.0760. The summed E-state index contributed by atoms with van der Waals surface area (Å²) in [5, 5.41) is 55.0. The van der Waals surface area contributed by atoms with Gasteiger partial charge in [-0.2, -0.15) is 0 Å². The van der Waals surface area contributed by atoms with Crippen LogP contribution in [0, 0.1) is 17.8 Å². The Hall–Kier alpha value is -4.26. The Bertz CT molecular complexity index is 2000. The number of allylic oxidation sites excluding steroid dienone is 2. The van der Waals surface area contributed by atoms with Gasteiger partial charge in [-0.05, 0) is 134 Å². The Morgan fingerprint density at radius 3 is 1.97 bits per heavy atom. The number of nitrogens with zero attached hydrogens (tertiary/aromatic N) is 2. The van der Waals surface area contributed by atoms with Crippen molar-refractivity contribution in [2.24, 2.45) is 17.8 Å². The van der Waals surface area contributed by atoms with Crippen molar-refractivity contribution in [3.8, 4) is 11.5 Å². The minimum absolute atomic E-state index is 0.0711. The van der Waals surface area contributed by atoms with Crippen LogP contribution in [0.2, 0.25) is 0 Å². The van der Waals surface area contributed by atoms with Crippen LogP contribution in [0.5, 0.6) is 11.5 Å². The zero-order valence-electron chi connectivity index (χ0n) is 41.4. The molecule has 0 radical (unpaired) electrons. The van der Waals surface area contributed by atoms with Crippen LogP contribution in [0.1, 0.15) is 112 Å². The summed E-state index contributed by atoms with van der Waals surface area (Å²) in [6.07, 6.45) is -5.83. The number of rotatable bonds is 13. The summed E-state index contributed by atoms with van der Waals surface area (Å²) < 4.78 is 30.1. The van der Waals surface area contributed by atoms with Crippen molar-refractivity contribution >= 4 is 34.8 Å². The van der Waals surface area contributed by atoms with Gasteiger partial charge in [-0.25, -0.2) is 0 Å². The fraction of sp³-hybridized carbons (Fsp3) is 0.647. The summed E-state index contributed by atoms with van der Waals surface area (Å²) >= 11 is 0. The summed E-state index contributed by atoms with van der Waals surface area (Å²) in [6, 6.07) is 13.1. The lowest BCUT2D eigenvalue weighted by molar-refractivity contribution is -0.296. The first-order valence-electron chi connectivity index (χ1n) is 23.5. The van der Waals surface area contributed by atoms with Crippen molar-refractivity contribution in [1.29, 1.82) is 0 Å². The van der Waals surface area contributed by atoms with Gasteiger partial charge in [0.2, 0.25) is 0 Å². The number of phenols is 1. The molecule has 0 saturated carbocycles. The van der Waals surface area contributed by atoms with Gasteiger partial charge >= 0.3 is 17.9 Å². The van der Waals surface area contributed by atoms with E-state index in [0.29, 0.717) is 18.7 Å². The summed E-state index contributed by atoms with van der Waals surface area (Å²) in [4.78, 5) is 58.1. The van der Waals surface area contributed by atoms with Gasteiger partial charge in [-0.15, -0.1) is 0 Å². The molecule has 0 aliphatic carbocycles. The topological polar surface area (TPSA) is 222 Å². The minimum atomic E-state index is -2.10. The van der Waals surface area contributed by atoms with Crippen LogP contribution in [0.15, 0.2) is 48.5 Å². The second-order valence-corrected chi connectivity index (χ2v) is 19.3. The summed E-state index contributed by atoms with van der Waals surface area (Å²) in [7, 11) is 5.35.